The normalized spacial score (nSPS) is 19.8. The van der Waals surface area contributed by atoms with Crippen LogP contribution in [0.2, 0.25) is 0 Å². The molecule has 7 nitrogen and oxygen atoms in total. The lowest BCUT2D eigenvalue weighted by Gasteiger charge is -2.27. The molecule has 1 saturated heterocycles. The van der Waals surface area contributed by atoms with Gasteiger partial charge in [-0.05, 0) is 53.3 Å². The molecular weight excluding hydrogens is 364 g/mol. The number of nitrogens with one attached hydrogen (secondary N) is 2. The van der Waals surface area contributed by atoms with Crippen LogP contribution in [0.3, 0.4) is 0 Å². The number of aromatic nitrogens is 5. The van der Waals surface area contributed by atoms with Crippen molar-refractivity contribution in [1.82, 2.24) is 25.2 Å². The van der Waals surface area contributed by atoms with Gasteiger partial charge in [0.05, 0.1) is 24.7 Å². The Kier molecular flexibility index (Phi) is 4.91. The summed E-state index contributed by atoms with van der Waals surface area (Å²) in [5.74, 6) is 0.853. The molecule has 2 aliphatic rings. The first kappa shape index (κ1) is 18.5. The highest BCUT2D eigenvalue weighted by Crippen LogP contribution is 2.30. The summed E-state index contributed by atoms with van der Waals surface area (Å²) >= 11 is 0. The van der Waals surface area contributed by atoms with E-state index in [9.17, 15) is 4.79 Å². The number of nitrogens with zero attached hydrogens (tertiary/aromatic N) is 4. The first-order chi connectivity index (χ1) is 14.2. The molecule has 29 heavy (non-hydrogen) atoms. The Bertz CT molecular complexity index is 1060. The first-order valence-electron chi connectivity index (χ1n) is 11.0. The van der Waals surface area contributed by atoms with Crippen molar-refractivity contribution in [2.75, 3.05) is 13.1 Å². The number of fused-ring (bicyclic) bond motifs is 1. The van der Waals surface area contributed by atoms with Gasteiger partial charge in [-0.2, -0.15) is 0 Å². The van der Waals surface area contributed by atoms with E-state index in [2.05, 4.69) is 38.7 Å². The number of rotatable bonds is 4. The van der Waals surface area contributed by atoms with Crippen molar-refractivity contribution < 1.29 is 4.90 Å². The molecular formula is C22H29N6O+. The van der Waals surface area contributed by atoms with Gasteiger partial charge in [0.2, 0.25) is 5.82 Å². The molecule has 0 spiro atoms. The van der Waals surface area contributed by atoms with Crippen molar-refractivity contribution in [3.8, 4) is 0 Å². The van der Waals surface area contributed by atoms with E-state index in [4.69, 9.17) is 0 Å². The molecule has 2 aromatic heterocycles. The van der Waals surface area contributed by atoms with Crippen LogP contribution in [0.4, 0.5) is 0 Å². The topological polar surface area (TPSA) is 80.9 Å². The zero-order valence-corrected chi connectivity index (χ0v) is 17.0. The molecule has 0 bridgehead atoms. The zero-order chi connectivity index (χ0) is 19.8. The Morgan fingerprint density at radius 1 is 1.10 bits per heavy atom. The van der Waals surface area contributed by atoms with Crippen LogP contribution in [-0.2, 0) is 0 Å². The summed E-state index contributed by atoms with van der Waals surface area (Å²) in [6.07, 6.45) is 8.34. The molecule has 1 aliphatic heterocycles. The summed E-state index contributed by atoms with van der Waals surface area (Å²) in [6, 6.07) is 8.50. The molecule has 3 aromatic rings. The van der Waals surface area contributed by atoms with Crippen molar-refractivity contribution >= 4 is 10.9 Å². The molecule has 0 radical (unpaired) electrons. The molecule has 152 valence electrons. The summed E-state index contributed by atoms with van der Waals surface area (Å²) in [5, 5.41) is 14.0. The van der Waals surface area contributed by atoms with Crippen LogP contribution >= 0.6 is 0 Å². The Labute approximate surface area is 170 Å². The number of tetrazole rings is 1. The average molecular weight is 394 g/mol. The number of pyridine rings is 1. The summed E-state index contributed by atoms with van der Waals surface area (Å²) in [7, 11) is 0. The van der Waals surface area contributed by atoms with Gasteiger partial charge in [-0.1, -0.05) is 31.4 Å². The van der Waals surface area contributed by atoms with Crippen LogP contribution in [0, 0.1) is 6.92 Å². The van der Waals surface area contributed by atoms with E-state index >= 15 is 0 Å². The second-order valence-corrected chi connectivity index (χ2v) is 8.72. The minimum Gasteiger partial charge on any atom is -0.322 e. The Morgan fingerprint density at radius 2 is 1.90 bits per heavy atom. The van der Waals surface area contributed by atoms with Crippen molar-refractivity contribution in [3.63, 3.8) is 0 Å². The van der Waals surface area contributed by atoms with Crippen LogP contribution in [0.5, 0.6) is 0 Å². The number of aromatic amines is 1. The van der Waals surface area contributed by atoms with Crippen LogP contribution in [-0.4, -0.2) is 38.3 Å². The lowest BCUT2D eigenvalue weighted by atomic mass is 9.95. The van der Waals surface area contributed by atoms with E-state index in [1.807, 2.05) is 17.7 Å². The second kappa shape index (κ2) is 7.71. The van der Waals surface area contributed by atoms with E-state index in [-0.39, 0.29) is 11.6 Å². The average Bonchev–Trinajstić information content (AvgIpc) is 3.42. The number of aryl methyl sites for hydroxylation is 1. The summed E-state index contributed by atoms with van der Waals surface area (Å²) in [6.45, 7) is 4.14. The van der Waals surface area contributed by atoms with Crippen molar-refractivity contribution in [1.29, 1.82) is 0 Å². The fraction of sp³-hybridized carbons (Fsp3) is 0.545. The maximum absolute atomic E-state index is 13.2. The predicted molar refractivity (Wildman–Crippen MR) is 111 cm³/mol. The number of likely N-dealkylation sites (tertiary alicyclic amines) is 1. The van der Waals surface area contributed by atoms with Crippen LogP contribution < -0.4 is 10.5 Å². The maximum Gasteiger partial charge on any atom is 0.258 e. The quantitative estimate of drug-likeness (QED) is 0.711. The molecule has 1 aromatic carbocycles. The predicted octanol–water partition coefficient (Wildman–Crippen LogP) is 2.10. The van der Waals surface area contributed by atoms with E-state index in [0.29, 0.717) is 6.04 Å². The summed E-state index contributed by atoms with van der Waals surface area (Å²) in [4.78, 5) is 17.7. The van der Waals surface area contributed by atoms with Crippen molar-refractivity contribution in [2.45, 2.75) is 64.0 Å². The van der Waals surface area contributed by atoms with Gasteiger partial charge in [-0.3, -0.25) is 4.79 Å². The van der Waals surface area contributed by atoms with Crippen LogP contribution in [0.1, 0.15) is 74.0 Å². The van der Waals surface area contributed by atoms with Gasteiger partial charge in [-0.25, -0.2) is 4.68 Å². The van der Waals surface area contributed by atoms with Gasteiger partial charge in [0.1, 0.15) is 0 Å². The van der Waals surface area contributed by atoms with Gasteiger partial charge in [0.15, 0.2) is 6.04 Å². The maximum atomic E-state index is 13.2. The number of quaternary nitrogens is 1. The van der Waals surface area contributed by atoms with E-state index < -0.39 is 0 Å². The smallest absolute Gasteiger partial charge is 0.258 e. The molecule has 5 rings (SSSR count). The monoisotopic (exact) mass is 393 g/mol. The minimum absolute atomic E-state index is 0.0225. The molecule has 0 unspecified atom stereocenters. The molecule has 1 saturated carbocycles. The Hall–Kier alpha value is -2.54. The number of H-pyrrole nitrogens is 1. The van der Waals surface area contributed by atoms with Gasteiger partial charge in [0.25, 0.3) is 5.56 Å². The molecule has 7 heteroatoms. The third kappa shape index (κ3) is 3.48. The Balaban J connectivity index is 1.63. The number of hydrogen-bond donors (Lipinski definition) is 2. The van der Waals surface area contributed by atoms with Crippen LogP contribution in [0.25, 0.3) is 10.9 Å². The van der Waals surface area contributed by atoms with Crippen molar-refractivity contribution in [2.24, 2.45) is 0 Å². The standard InChI is InChI=1S/C22H28N6O/c1-15-9-10-16-14-18(22(29)23-19(16)13-15)20(27-11-5-6-12-27)21-24-25-26-28(21)17-7-3-2-4-8-17/h9-10,13-14,17,20H,2-8,11-12H2,1H3,(H,23,29)/p+1/t20-/m1/s1. The number of benzene rings is 1. The fourth-order valence-electron chi connectivity index (χ4n) is 5.18. The van der Waals surface area contributed by atoms with Gasteiger partial charge >= 0.3 is 0 Å². The molecule has 3 heterocycles. The highest BCUT2D eigenvalue weighted by molar-refractivity contribution is 5.79. The SMILES string of the molecule is Cc1ccc2cc([C@H](c3nnnn3C3CCCCC3)[NH+]3CCCC3)c(=O)[nH]c2c1. The van der Waals surface area contributed by atoms with Crippen molar-refractivity contribution in [3.05, 3.63) is 51.6 Å². The van der Waals surface area contributed by atoms with E-state index in [0.717, 1.165) is 53.8 Å². The summed E-state index contributed by atoms with van der Waals surface area (Å²) in [5.41, 5.74) is 2.79. The third-order valence-corrected chi connectivity index (χ3v) is 6.69. The molecule has 1 atom stereocenters. The number of hydrogen-bond acceptors (Lipinski definition) is 4. The summed E-state index contributed by atoms with van der Waals surface area (Å²) < 4.78 is 2.04. The largest absolute Gasteiger partial charge is 0.322 e. The fourth-order valence-corrected chi connectivity index (χ4v) is 5.18. The molecule has 1 aliphatic carbocycles. The molecule has 0 amide bonds. The molecule has 2 fully saturated rings. The highest BCUT2D eigenvalue weighted by atomic mass is 16.1. The lowest BCUT2D eigenvalue weighted by molar-refractivity contribution is -0.914. The Morgan fingerprint density at radius 3 is 2.69 bits per heavy atom. The van der Waals surface area contributed by atoms with Gasteiger partial charge < -0.3 is 9.88 Å². The first-order valence-corrected chi connectivity index (χ1v) is 11.0. The highest BCUT2D eigenvalue weighted by Gasteiger charge is 2.37. The zero-order valence-electron chi connectivity index (χ0n) is 17.0. The second-order valence-electron chi connectivity index (χ2n) is 8.72. The third-order valence-electron chi connectivity index (χ3n) is 6.69. The van der Waals surface area contributed by atoms with E-state index in [1.54, 1.807) is 0 Å². The molecule has 2 N–H and O–H groups in total. The lowest BCUT2D eigenvalue weighted by Crippen LogP contribution is -3.10. The minimum atomic E-state index is -0.121. The van der Waals surface area contributed by atoms with Gasteiger partial charge in [-0.15, -0.1) is 5.10 Å². The van der Waals surface area contributed by atoms with Gasteiger partial charge in [0, 0.05) is 18.4 Å². The van der Waals surface area contributed by atoms with E-state index in [1.165, 1.54) is 37.0 Å². The van der Waals surface area contributed by atoms with Crippen LogP contribution in [0.15, 0.2) is 29.1 Å².